The Morgan fingerprint density at radius 1 is 1.56 bits per heavy atom. The van der Waals surface area contributed by atoms with Crippen molar-refractivity contribution in [2.75, 3.05) is 11.4 Å². The maximum absolute atomic E-state index is 5.28. The molecule has 2 rings (SSSR count). The van der Waals surface area contributed by atoms with Crippen molar-refractivity contribution in [2.24, 2.45) is 0 Å². The molecule has 1 aromatic heterocycles. The summed E-state index contributed by atoms with van der Waals surface area (Å²) in [7, 11) is 0. The van der Waals surface area contributed by atoms with Crippen molar-refractivity contribution in [3.63, 3.8) is 0 Å². The number of nitrogens with zero attached hydrogens (tertiary/aromatic N) is 3. The number of H-pyrrole nitrogens is 1. The molecule has 0 bridgehead atoms. The van der Waals surface area contributed by atoms with Crippen LogP contribution in [0.3, 0.4) is 0 Å². The van der Waals surface area contributed by atoms with E-state index in [1.165, 1.54) is 12.8 Å². The van der Waals surface area contributed by atoms with Crippen LogP contribution in [0.2, 0.25) is 0 Å². The molecule has 5 heteroatoms. The van der Waals surface area contributed by atoms with Gasteiger partial charge >= 0.3 is 0 Å². The summed E-state index contributed by atoms with van der Waals surface area (Å²) < 4.78 is 2.84. The number of aromatic nitrogens is 3. The Bertz CT molecular complexity index is 402. The third-order valence-corrected chi connectivity index (χ3v) is 3.20. The lowest BCUT2D eigenvalue weighted by atomic mass is 10.3. The SMILES string of the molecule is CCCN(c1n[nH]c(=S)n1C(C)C)C1CC1. The third kappa shape index (κ3) is 2.14. The molecule has 0 amide bonds. The molecule has 4 nitrogen and oxygen atoms in total. The number of hydrogen-bond acceptors (Lipinski definition) is 3. The second kappa shape index (κ2) is 4.57. The van der Waals surface area contributed by atoms with Gasteiger partial charge in [0.25, 0.3) is 0 Å². The lowest BCUT2D eigenvalue weighted by molar-refractivity contribution is 0.573. The molecule has 0 atom stereocenters. The van der Waals surface area contributed by atoms with Crippen molar-refractivity contribution in [3.8, 4) is 0 Å². The molecule has 1 heterocycles. The van der Waals surface area contributed by atoms with Gasteiger partial charge in [-0.2, -0.15) is 0 Å². The predicted octanol–water partition coefficient (Wildman–Crippen LogP) is 2.90. The minimum atomic E-state index is 0.361. The molecule has 1 fully saturated rings. The summed E-state index contributed by atoms with van der Waals surface area (Å²) in [4.78, 5) is 2.40. The number of anilines is 1. The van der Waals surface area contributed by atoms with Crippen LogP contribution in [0.5, 0.6) is 0 Å². The van der Waals surface area contributed by atoms with E-state index < -0.39 is 0 Å². The monoisotopic (exact) mass is 240 g/mol. The summed E-state index contributed by atoms with van der Waals surface area (Å²) in [6.07, 6.45) is 3.73. The first-order chi connectivity index (χ1) is 7.65. The van der Waals surface area contributed by atoms with Gasteiger partial charge < -0.3 is 4.90 Å². The average Bonchev–Trinajstić information content (AvgIpc) is 2.98. The van der Waals surface area contributed by atoms with E-state index in [-0.39, 0.29) is 0 Å². The first kappa shape index (κ1) is 11.6. The van der Waals surface area contributed by atoms with Crippen LogP contribution in [-0.4, -0.2) is 27.4 Å². The highest BCUT2D eigenvalue weighted by atomic mass is 32.1. The molecule has 0 radical (unpaired) electrons. The molecule has 0 aromatic carbocycles. The molecule has 90 valence electrons. The van der Waals surface area contributed by atoms with E-state index in [0.717, 1.165) is 23.7 Å². The number of hydrogen-bond donors (Lipinski definition) is 1. The normalized spacial score (nSPS) is 15.8. The second-order valence-corrected chi connectivity index (χ2v) is 5.10. The van der Waals surface area contributed by atoms with Crippen LogP contribution in [0.1, 0.15) is 46.1 Å². The van der Waals surface area contributed by atoms with Gasteiger partial charge in [-0.1, -0.05) is 6.92 Å². The molecule has 16 heavy (non-hydrogen) atoms. The maximum atomic E-state index is 5.28. The zero-order chi connectivity index (χ0) is 11.7. The molecule has 1 aromatic rings. The van der Waals surface area contributed by atoms with E-state index in [1.54, 1.807) is 0 Å². The van der Waals surface area contributed by atoms with Gasteiger partial charge in [0.05, 0.1) is 0 Å². The molecule has 1 N–H and O–H groups in total. The zero-order valence-electron chi connectivity index (χ0n) is 10.2. The van der Waals surface area contributed by atoms with Gasteiger partial charge in [0.1, 0.15) is 0 Å². The van der Waals surface area contributed by atoms with Crippen molar-refractivity contribution >= 4 is 18.2 Å². The van der Waals surface area contributed by atoms with Gasteiger partial charge in [0, 0.05) is 18.6 Å². The molecular formula is C11H20N4S. The Balaban J connectivity index is 2.33. The largest absolute Gasteiger partial charge is 0.338 e. The van der Waals surface area contributed by atoms with Gasteiger partial charge in [-0.05, 0) is 45.3 Å². The predicted molar refractivity (Wildman–Crippen MR) is 68.5 cm³/mol. The Morgan fingerprint density at radius 2 is 2.25 bits per heavy atom. The van der Waals surface area contributed by atoms with Crippen LogP contribution in [-0.2, 0) is 0 Å². The lowest BCUT2D eigenvalue weighted by Gasteiger charge is -2.24. The Morgan fingerprint density at radius 3 is 2.75 bits per heavy atom. The smallest absolute Gasteiger partial charge is 0.226 e. The van der Waals surface area contributed by atoms with Gasteiger partial charge in [-0.15, -0.1) is 5.10 Å². The highest BCUT2D eigenvalue weighted by molar-refractivity contribution is 7.71. The van der Waals surface area contributed by atoms with Crippen molar-refractivity contribution in [1.82, 2.24) is 14.8 Å². The summed E-state index contributed by atoms with van der Waals surface area (Å²) in [5.41, 5.74) is 0. The van der Waals surface area contributed by atoms with Crippen molar-refractivity contribution in [3.05, 3.63) is 4.77 Å². The van der Waals surface area contributed by atoms with Crippen LogP contribution in [0.15, 0.2) is 0 Å². The highest BCUT2D eigenvalue weighted by Gasteiger charge is 2.31. The Labute approximate surface area is 102 Å². The molecule has 0 unspecified atom stereocenters. The molecule has 0 aliphatic heterocycles. The summed E-state index contributed by atoms with van der Waals surface area (Å²) in [6, 6.07) is 1.04. The van der Waals surface area contributed by atoms with Crippen molar-refractivity contribution in [1.29, 1.82) is 0 Å². The van der Waals surface area contributed by atoms with Crippen LogP contribution < -0.4 is 4.90 Å². The fourth-order valence-electron chi connectivity index (χ4n) is 2.04. The third-order valence-electron chi connectivity index (χ3n) is 2.91. The number of rotatable bonds is 5. The van der Waals surface area contributed by atoms with Gasteiger partial charge in [0.15, 0.2) is 4.77 Å². The van der Waals surface area contributed by atoms with Gasteiger partial charge in [0.2, 0.25) is 5.95 Å². The quantitative estimate of drug-likeness (QED) is 0.804. The van der Waals surface area contributed by atoms with E-state index >= 15 is 0 Å². The van der Waals surface area contributed by atoms with Crippen molar-refractivity contribution in [2.45, 2.75) is 52.1 Å². The Kier molecular flexibility index (Phi) is 3.33. The topological polar surface area (TPSA) is 36.9 Å². The van der Waals surface area contributed by atoms with E-state index in [2.05, 4.69) is 40.4 Å². The molecule has 1 aliphatic rings. The summed E-state index contributed by atoms with van der Waals surface area (Å²) in [5.74, 6) is 1.02. The maximum Gasteiger partial charge on any atom is 0.226 e. The molecule has 0 spiro atoms. The summed E-state index contributed by atoms with van der Waals surface area (Å²) in [6.45, 7) is 7.56. The molecule has 1 aliphatic carbocycles. The summed E-state index contributed by atoms with van der Waals surface area (Å²) in [5, 5.41) is 7.30. The number of nitrogens with one attached hydrogen (secondary N) is 1. The Hall–Kier alpha value is -0.840. The van der Waals surface area contributed by atoms with Crippen LogP contribution in [0.4, 0.5) is 5.95 Å². The molecular weight excluding hydrogens is 220 g/mol. The van der Waals surface area contributed by atoms with E-state index in [9.17, 15) is 0 Å². The first-order valence-corrected chi connectivity index (χ1v) is 6.49. The highest BCUT2D eigenvalue weighted by Crippen LogP contribution is 2.31. The van der Waals surface area contributed by atoms with E-state index in [1.807, 2.05) is 0 Å². The van der Waals surface area contributed by atoms with Crippen LogP contribution >= 0.6 is 12.2 Å². The van der Waals surface area contributed by atoms with Gasteiger partial charge in [-0.25, -0.2) is 5.10 Å². The average molecular weight is 240 g/mol. The van der Waals surface area contributed by atoms with Gasteiger partial charge in [-0.3, -0.25) is 4.57 Å². The first-order valence-electron chi connectivity index (χ1n) is 6.08. The minimum absolute atomic E-state index is 0.361. The number of aromatic amines is 1. The zero-order valence-corrected chi connectivity index (χ0v) is 11.0. The fourth-order valence-corrected chi connectivity index (χ4v) is 2.38. The van der Waals surface area contributed by atoms with Crippen molar-refractivity contribution < 1.29 is 0 Å². The van der Waals surface area contributed by atoms with Crippen LogP contribution in [0, 0.1) is 4.77 Å². The van der Waals surface area contributed by atoms with Crippen LogP contribution in [0.25, 0.3) is 0 Å². The minimum Gasteiger partial charge on any atom is -0.338 e. The summed E-state index contributed by atoms with van der Waals surface area (Å²) >= 11 is 5.28. The van der Waals surface area contributed by atoms with E-state index in [4.69, 9.17) is 12.2 Å². The second-order valence-electron chi connectivity index (χ2n) is 4.72. The van der Waals surface area contributed by atoms with E-state index in [0.29, 0.717) is 12.1 Å². The lowest BCUT2D eigenvalue weighted by Crippen LogP contribution is -2.30. The fraction of sp³-hybridized carbons (Fsp3) is 0.818. The standard InChI is InChI=1S/C11H20N4S/c1-4-7-14(9-5-6-9)10-12-13-11(16)15(10)8(2)3/h8-9H,4-7H2,1-3H3,(H,13,16). The molecule has 0 saturated heterocycles. The molecule has 1 saturated carbocycles.